The van der Waals surface area contributed by atoms with Crippen molar-refractivity contribution in [1.29, 1.82) is 0 Å². The minimum absolute atomic E-state index is 0.671. The van der Waals surface area contributed by atoms with Crippen LogP contribution in [0.5, 0.6) is 5.75 Å². The molecule has 1 atom stereocenters. The van der Waals surface area contributed by atoms with Crippen LogP contribution in [0.2, 0.25) is 0 Å². The fourth-order valence-corrected chi connectivity index (χ4v) is 3.67. The molecule has 2 aliphatic heterocycles. The molecule has 2 fully saturated rings. The summed E-state index contributed by atoms with van der Waals surface area (Å²) in [4.78, 5) is 2.57. The summed E-state index contributed by atoms with van der Waals surface area (Å²) in [5.41, 5.74) is 2.84. The first-order chi connectivity index (χ1) is 10.4. The molecule has 0 aromatic heterocycles. The molecule has 0 saturated carbocycles. The summed E-state index contributed by atoms with van der Waals surface area (Å²) in [5.74, 6) is 1.72. The normalized spacial score (nSPS) is 24.0. The maximum atomic E-state index is 5.59. The number of hydrogen-bond acceptors (Lipinski definition) is 3. The van der Waals surface area contributed by atoms with Crippen LogP contribution in [0.25, 0.3) is 0 Å². The topological polar surface area (TPSA) is 24.5 Å². The second kappa shape index (κ2) is 7.28. The minimum atomic E-state index is 0.671. The molecular formula is C18H28N2O. The molecule has 3 nitrogen and oxygen atoms in total. The van der Waals surface area contributed by atoms with Gasteiger partial charge in [-0.25, -0.2) is 0 Å². The van der Waals surface area contributed by atoms with Crippen molar-refractivity contribution in [3.8, 4) is 5.75 Å². The van der Waals surface area contributed by atoms with Crippen molar-refractivity contribution in [3.05, 3.63) is 29.3 Å². The molecule has 2 heterocycles. The van der Waals surface area contributed by atoms with Crippen LogP contribution >= 0.6 is 0 Å². The van der Waals surface area contributed by atoms with Gasteiger partial charge in [0.2, 0.25) is 0 Å². The number of methoxy groups -OCH3 is 1. The molecule has 3 heteroatoms. The van der Waals surface area contributed by atoms with E-state index in [0.717, 1.165) is 18.8 Å². The highest BCUT2D eigenvalue weighted by Gasteiger charge is 2.18. The van der Waals surface area contributed by atoms with Gasteiger partial charge in [-0.05, 0) is 62.9 Å². The van der Waals surface area contributed by atoms with E-state index >= 15 is 0 Å². The average Bonchev–Trinajstić information content (AvgIpc) is 2.56. The Morgan fingerprint density at radius 3 is 2.76 bits per heavy atom. The number of hydrogen-bond donors (Lipinski definition) is 1. The average molecular weight is 288 g/mol. The molecule has 3 rings (SSSR count). The molecule has 1 unspecified atom stereocenters. The maximum Gasteiger partial charge on any atom is 0.123 e. The van der Waals surface area contributed by atoms with E-state index < -0.39 is 0 Å². The van der Waals surface area contributed by atoms with Gasteiger partial charge in [0.25, 0.3) is 0 Å². The van der Waals surface area contributed by atoms with Gasteiger partial charge in [-0.1, -0.05) is 18.6 Å². The molecule has 1 N–H and O–H groups in total. The molecular weight excluding hydrogens is 260 g/mol. The van der Waals surface area contributed by atoms with Crippen LogP contribution in [0.3, 0.4) is 0 Å². The van der Waals surface area contributed by atoms with Crippen molar-refractivity contribution in [2.24, 2.45) is 0 Å². The molecule has 0 aliphatic carbocycles. The van der Waals surface area contributed by atoms with E-state index in [-0.39, 0.29) is 0 Å². The highest BCUT2D eigenvalue weighted by Crippen LogP contribution is 2.29. The smallest absolute Gasteiger partial charge is 0.123 e. The number of nitrogens with zero attached hydrogens (tertiary/aromatic N) is 1. The monoisotopic (exact) mass is 288 g/mol. The van der Waals surface area contributed by atoms with Crippen molar-refractivity contribution in [1.82, 2.24) is 10.2 Å². The fourth-order valence-electron chi connectivity index (χ4n) is 3.67. The van der Waals surface area contributed by atoms with Crippen LogP contribution in [0.1, 0.15) is 49.1 Å². The van der Waals surface area contributed by atoms with E-state index in [2.05, 4.69) is 28.4 Å². The van der Waals surface area contributed by atoms with Crippen LogP contribution in [0.4, 0.5) is 0 Å². The van der Waals surface area contributed by atoms with Gasteiger partial charge in [0.15, 0.2) is 0 Å². The van der Waals surface area contributed by atoms with E-state index in [1.807, 2.05) is 0 Å². The van der Waals surface area contributed by atoms with E-state index in [1.165, 1.54) is 62.9 Å². The molecule has 2 aliphatic rings. The summed E-state index contributed by atoms with van der Waals surface area (Å²) in [6.45, 7) is 5.80. The lowest BCUT2D eigenvalue weighted by molar-refractivity contribution is 0.218. The first-order valence-corrected chi connectivity index (χ1v) is 8.46. The summed E-state index contributed by atoms with van der Waals surface area (Å²) in [7, 11) is 1.79. The van der Waals surface area contributed by atoms with E-state index in [9.17, 15) is 0 Å². The van der Waals surface area contributed by atoms with Crippen LogP contribution in [0.15, 0.2) is 18.2 Å². The van der Waals surface area contributed by atoms with Crippen molar-refractivity contribution >= 4 is 0 Å². The quantitative estimate of drug-likeness (QED) is 0.921. The van der Waals surface area contributed by atoms with Gasteiger partial charge in [0.1, 0.15) is 5.75 Å². The number of likely N-dealkylation sites (tertiary alicyclic amines) is 1. The third-order valence-electron chi connectivity index (χ3n) is 4.92. The number of rotatable bonds is 4. The maximum absolute atomic E-state index is 5.59. The van der Waals surface area contributed by atoms with Gasteiger partial charge in [-0.3, -0.25) is 4.90 Å². The third kappa shape index (κ3) is 3.78. The van der Waals surface area contributed by atoms with Gasteiger partial charge >= 0.3 is 0 Å². The van der Waals surface area contributed by atoms with Crippen LogP contribution in [0, 0.1) is 0 Å². The Balaban J connectivity index is 1.75. The Kier molecular flexibility index (Phi) is 5.15. The molecule has 116 valence electrons. The SMILES string of the molecule is COc1ccc(C2CCCNC2)cc1CN1CCCCC1. The van der Waals surface area contributed by atoms with Crippen molar-refractivity contribution < 1.29 is 4.74 Å². The molecule has 2 saturated heterocycles. The van der Waals surface area contributed by atoms with Gasteiger partial charge in [-0.15, -0.1) is 0 Å². The number of nitrogens with one attached hydrogen (secondary N) is 1. The van der Waals surface area contributed by atoms with Crippen molar-refractivity contribution in [3.63, 3.8) is 0 Å². The van der Waals surface area contributed by atoms with Gasteiger partial charge in [0.05, 0.1) is 7.11 Å². The Bertz CT molecular complexity index is 449. The van der Waals surface area contributed by atoms with Crippen molar-refractivity contribution in [2.75, 3.05) is 33.3 Å². The number of ether oxygens (including phenoxy) is 1. The highest BCUT2D eigenvalue weighted by molar-refractivity contribution is 5.39. The minimum Gasteiger partial charge on any atom is -0.496 e. The molecule has 0 amide bonds. The fraction of sp³-hybridized carbons (Fsp3) is 0.667. The summed E-state index contributed by atoms with van der Waals surface area (Å²) < 4.78 is 5.59. The zero-order valence-electron chi connectivity index (χ0n) is 13.2. The molecule has 1 aromatic carbocycles. The zero-order chi connectivity index (χ0) is 14.5. The summed E-state index contributed by atoms with van der Waals surface area (Å²) in [5, 5.41) is 3.52. The first-order valence-electron chi connectivity index (χ1n) is 8.46. The first kappa shape index (κ1) is 14.9. The lowest BCUT2D eigenvalue weighted by Gasteiger charge is -2.28. The Labute approximate surface area is 128 Å². The second-order valence-corrected chi connectivity index (χ2v) is 6.45. The molecule has 21 heavy (non-hydrogen) atoms. The summed E-state index contributed by atoms with van der Waals surface area (Å²) in [6.07, 6.45) is 6.67. The van der Waals surface area contributed by atoms with Crippen LogP contribution < -0.4 is 10.1 Å². The molecule has 1 aromatic rings. The largest absolute Gasteiger partial charge is 0.496 e. The van der Waals surface area contributed by atoms with Crippen LogP contribution in [-0.2, 0) is 6.54 Å². The molecule has 0 radical (unpaired) electrons. The predicted octanol–water partition coefficient (Wildman–Crippen LogP) is 3.15. The molecule has 0 bridgehead atoms. The highest BCUT2D eigenvalue weighted by atomic mass is 16.5. The Morgan fingerprint density at radius 1 is 1.19 bits per heavy atom. The van der Waals surface area contributed by atoms with Gasteiger partial charge in [0, 0.05) is 18.7 Å². The zero-order valence-corrected chi connectivity index (χ0v) is 13.2. The number of piperidine rings is 2. The van der Waals surface area contributed by atoms with E-state index in [4.69, 9.17) is 4.74 Å². The lowest BCUT2D eigenvalue weighted by atomic mass is 9.90. The lowest BCUT2D eigenvalue weighted by Crippen LogP contribution is -2.30. The standard InChI is InChI=1S/C18H28N2O/c1-21-18-8-7-15(16-6-5-9-19-13-16)12-17(18)14-20-10-3-2-4-11-20/h7-8,12,16,19H,2-6,9-11,13-14H2,1H3. The van der Waals surface area contributed by atoms with E-state index in [0.29, 0.717) is 5.92 Å². The van der Waals surface area contributed by atoms with Crippen molar-refractivity contribution in [2.45, 2.75) is 44.6 Å². The Hall–Kier alpha value is -1.06. The number of benzene rings is 1. The Morgan fingerprint density at radius 2 is 2.05 bits per heavy atom. The van der Waals surface area contributed by atoms with Gasteiger partial charge in [-0.2, -0.15) is 0 Å². The summed E-state index contributed by atoms with van der Waals surface area (Å²) in [6, 6.07) is 6.82. The van der Waals surface area contributed by atoms with E-state index in [1.54, 1.807) is 7.11 Å². The predicted molar refractivity (Wildman–Crippen MR) is 87.0 cm³/mol. The molecule has 0 spiro atoms. The second-order valence-electron chi connectivity index (χ2n) is 6.45. The summed E-state index contributed by atoms with van der Waals surface area (Å²) >= 11 is 0. The third-order valence-corrected chi connectivity index (χ3v) is 4.92. The van der Waals surface area contributed by atoms with Crippen LogP contribution in [-0.4, -0.2) is 38.2 Å². The van der Waals surface area contributed by atoms with Gasteiger partial charge < -0.3 is 10.1 Å².